The van der Waals surface area contributed by atoms with E-state index in [2.05, 4.69) is 0 Å². The summed E-state index contributed by atoms with van der Waals surface area (Å²) in [6.45, 7) is 5.20. The number of hydrogen-bond acceptors (Lipinski definition) is 2. The molecule has 0 N–H and O–H groups in total. The van der Waals surface area contributed by atoms with Crippen molar-refractivity contribution < 1.29 is 22.7 Å². The summed E-state index contributed by atoms with van der Waals surface area (Å²) in [7, 11) is 0. The maximum absolute atomic E-state index is 12.2. The van der Waals surface area contributed by atoms with Crippen molar-refractivity contribution in [2.75, 3.05) is 6.61 Å². The van der Waals surface area contributed by atoms with Crippen LogP contribution < -0.4 is 0 Å². The van der Waals surface area contributed by atoms with Gasteiger partial charge in [-0.25, -0.2) is 0 Å². The van der Waals surface area contributed by atoms with E-state index in [4.69, 9.17) is 4.74 Å². The first-order valence-electron chi connectivity index (χ1n) is 6.50. The molecule has 0 heterocycles. The molecule has 1 unspecified atom stereocenters. The fraction of sp³-hybridized carbons (Fsp3) is 0.533. The van der Waals surface area contributed by atoms with Gasteiger partial charge >= 0.3 is 6.18 Å². The average Bonchev–Trinajstić information content (AvgIpc) is 2.35. The highest BCUT2D eigenvalue weighted by molar-refractivity contribution is 6.00. The van der Waals surface area contributed by atoms with E-state index in [-0.39, 0.29) is 18.8 Å². The Morgan fingerprint density at radius 3 is 2.55 bits per heavy atom. The molecule has 20 heavy (non-hydrogen) atoms. The minimum absolute atomic E-state index is 0.0721. The third-order valence-corrected chi connectivity index (χ3v) is 3.00. The van der Waals surface area contributed by atoms with E-state index >= 15 is 0 Å². The van der Waals surface area contributed by atoms with Gasteiger partial charge in [0.25, 0.3) is 0 Å². The molecule has 0 saturated carbocycles. The van der Waals surface area contributed by atoms with Crippen molar-refractivity contribution in [2.45, 2.75) is 45.9 Å². The molecule has 0 aromatic heterocycles. The van der Waals surface area contributed by atoms with Gasteiger partial charge in [-0.3, -0.25) is 4.79 Å². The zero-order chi connectivity index (χ0) is 15.3. The first-order chi connectivity index (χ1) is 9.20. The molecule has 0 aliphatic rings. The van der Waals surface area contributed by atoms with Gasteiger partial charge in [-0.05, 0) is 38.8 Å². The highest BCUT2D eigenvalue weighted by Crippen LogP contribution is 2.21. The quantitative estimate of drug-likeness (QED) is 0.578. The largest absolute Gasteiger partial charge is 0.389 e. The van der Waals surface area contributed by atoms with Crippen LogP contribution in [0.5, 0.6) is 0 Å². The number of benzene rings is 1. The molecular formula is C15H19F3O2. The molecule has 0 aliphatic heterocycles. The van der Waals surface area contributed by atoms with E-state index < -0.39 is 18.7 Å². The molecule has 1 atom stereocenters. The summed E-state index contributed by atoms with van der Waals surface area (Å²) in [5, 5.41) is 0. The van der Waals surface area contributed by atoms with E-state index in [1.807, 2.05) is 26.0 Å². The van der Waals surface area contributed by atoms with Crippen LogP contribution in [0.1, 0.15) is 41.3 Å². The Labute approximate surface area is 116 Å². The van der Waals surface area contributed by atoms with Crippen LogP contribution in [0, 0.1) is 13.8 Å². The lowest BCUT2D eigenvalue weighted by molar-refractivity contribution is -0.138. The molecular weight excluding hydrogens is 269 g/mol. The van der Waals surface area contributed by atoms with Crippen LogP contribution in [0.4, 0.5) is 13.2 Å². The van der Waals surface area contributed by atoms with Crippen molar-refractivity contribution in [1.29, 1.82) is 0 Å². The third-order valence-electron chi connectivity index (χ3n) is 3.00. The average molecular weight is 288 g/mol. The minimum atomic E-state index is -4.18. The first-order valence-corrected chi connectivity index (χ1v) is 6.50. The molecule has 0 spiro atoms. The Balaban J connectivity index is 2.53. The third kappa shape index (κ3) is 5.33. The first kappa shape index (κ1) is 16.7. The van der Waals surface area contributed by atoms with Crippen molar-refractivity contribution in [3.8, 4) is 0 Å². The van der Waals surface area contributed by atoms with E-state index in [9.17, 15) is 18.0 Å². The molecule has 1 aromatic carbocycles. The van der Waals surface area contributed by atoms with Crippen molar-refractivity contribution >= 4 is 5.78 Å². The lowest BCUT2D eigenvalue weighted by Crippen LogP contribution is -2.23. The number of aryl methyl sites for hydroxylation is 2. The summed E-state index contributed by atoms with van der Waals surface area (Å²) in [5.41, 5.74) is 2.36. The monoisotopic (exact) mass is 288 g/mol. The van der Waals surface area contributed by atoms with Crippen molar-refractivity contribution in [1.82, 2.24) is 0 Å². The zero-order valence-corrected chi connectivity index (χ0v) is 11.9. The Morgan fingerprint density at radius 1 is 1.30 bits per heavy atom. The van der Waals surface area contributed by atoms with Crippen LogP contribution in [0.3, 0.4) is 0 Å². The topological polar surface area (TPSA) is 26.3 Å². The highest BCUT2D eigenvalue weighted by Gasteiger charge is 2.26. The molecule has 112 valence electrons. The molecule has 0 bridgehead atoms. The fourth-order valence-electron chi connectivity index (χ4n) is 1.83. The van der Waals surface area contributed by atoms with Crippen molar-refractivity contribution in [3.63, 3.8) is 0 Å². The summed E-state index contributed by atoms with van der Waals surface area (Å²) in [5.74, 6) is -0.196. The smallest absolute Gasteiger partial charge is 0.370 e. The molecule has 0 saturated heterocycles. The van der Waals surface area contributed by atoms with Gasteiger partial charge in [0.05, 0.1) is 0 Å². The number of Topliss-reactive ketones (excluding diaryl/α,β-unsaturated/α-hetero) is 1. The van der Waals surface area contributed by atoms with Gasteiger partial charge in [0.2, 0.25) is 0 Å². The summed E-state index contributed by atoms with van der Waals surface area (Å²) < 4.78 is 41.1. The van der Waals surface area contributed by atoms with Gasteiger partial charge in [-0.1, -0.05) is 17.7 Å². The lowest BCUT2D eigenvalue weighted by Gasteiger charge is -2.14. The Kier molecular flexibility index (Phi) is 5.74. The van der Waals surface area contributed by atoms with Crippen LogP contribution >= 0.6 is 0 Å². The number of ether oxygens (including phenoxy) is 1. The fourth-order valence-corrected chi connectivity index (χ4v) is 1.83. The molecule has 2 nitrogen and oxygen atoms in total. The SMILES string of the molecule is Cc1ccc(C)c(C(=O)C(C)OCCCC(F)(F)F)c1. The van der Waals surface area contributed by atoms with Gasteiger partial charge in [0.1, 0.15) is 6.10 Å². The van der Waals surface area contributed by atoms with Gasteiger partial charge < -0.3 is 4.74 Å². The molecule has 0 aliphatic carbocycles. The molecule has 0 fully saturated rings. The van der Waals surface area contributed by atoms with Crippen LogP contribution in [0.2, 0.25) is 0 Å². The Morgan fingerprint density at radius 2 is 1.95 bits per heavy atom. The maximum atomic E-state index is 12.2. The maximum Gasteiger partial charge on any atom is 0.389 e. The number of rotatable bonds is 6. The van der Waals surface area contributed by atoms with E-state index in [0.29, 0.717) is 5.56 Å². The van der Waals surface area contributed by atoms with Crippen molar-refractivity contribution in [3.05, 3.63) is 34.9 Å². The van der Waals surface area contributed by atoms with Crippen LogP contribution in [0.25, 0.3) is 0 Å². The van der Waals surface area contributed by atoms with Gasteiger partial charge in [0.15, 0.2) is 5.78 Å². The standard InChI is InChI=1S/C15H19F3O2/c1-10-5-6-11(2)13(9-10)14(19)12(3)20-8-4-7-15(16,17)18/h5-6,9,12H,4,7-8H2,1-3H3. The van der Waals surface area contributed by atoms with Crippen LogP contribution in [0.15, 0.2) is 18.2 Å². The number of hydrogen-bond donors (Lipinski definition) is 0. The van der Waals surface area contributed by atoms with E-state index in [0.717, 1.165) is 11.1 Å². The van der Waals surface area contributed by atoms with Gasteiger partial charge in [-0.15, -0.1) is 0 Å². The second-order valence-corrected chi connectivity index (χ2v) is 4.91. The molecule has 1 rings (SSSR count). The summed E-state index contributed by atoms with van der Waals surface area (Å²) in [4.78, 5) is 12.2. The van der Waals surface area contributed by atoms with Gasteiger partial charge in [-0.2, -0.15) is 13.2 Å². The molecule has 0 radical (unpaired) electrons. The van der Waals surface area contributed by atoms with E-state index in [1.165, 1.54) is 0 Å². The van der Waals surface area contributed by atoms with E-state index in [1.54, 1.807) is 13.0 Å². The zero-order valence-electron chi connectivity index (χ0n) is 11.9. The predicted octanol–water partition coefficient (Wildman–Crippen LogP) is 4.23. The number of halogens is 3. The molecule has 0 amide bonds. The van der Waals surface area contributed by atoms with Gasteiger partial charge in [0, 0.05) is 18.6 Å². The van der Waals surface area contributed by atoms with Crippen molar-refractivity contribution in [2.24, 2.45) is 0 Å². The minimum Gasteiger partial charge on any atom is -0.370 e. The summed E-state index contributed by atoms with van der Waals surface area (Å²) in [6, 6.07) is 5.52. The van der Waals surface area contributed by atoms with Crippen LogP contribution in [-0.4, -0.2) is 24.7 Å². The Bertz CT molecular complexity index is 467. The molecule has 5 heteroatoms. The normalized spacial score (nSPS) is 13.3. The highest BCUT2D eigenvalue weighted by atomic mass is 19.4. The predicted molar refractivity (Wildman–Crippen MR) is 70.9 cm³/mol. The number of carbonyl (C=O) groups is 1. The Hall–Kier alpha value is -1.36. The number of alkyl halides is 3. The summed E-state index contributed by atoms with van der Waals surface area (Å²) >= 11 is 0. The second kappa shape index (κ2) is 6.88. The number of carbonyl (C=O) groups excluding carboxylic acids is 1. The number of ketones is 1. The van der Waals surface area contributed by atoms with Crippen LogP contribution in [-0.2, 0) is 4.74 Å². The summed E-state index contributed by atoms with van der Waals surface area (Å²) in [6.07, 6.45) is -5.93. The second-order valence-electron chi connectivity index (χ2n) is 4.91. The molecule has 1 aromatic rings. The lowest BCUT2D eigenvalue weighted by atomic mass is 9.99.